The van der Waals surface area contributed by atoms with Crippen LogP contribution >= 0.6 is 0 Å². The summed E-state index contributed by atoms with van der Waals surface area (Å²) in [6, 6.07) is 1.23. The molecule has 0 radical (unpaired) electrons. The van der Waals surface area contributed by atoms with Crippen molar-refractivity contribution in [2.24, 2.45) is 5.73 Å². The van der Waals surface area contributed by atoms with Crippen LogP contribution in [0.2, 0.25) is 0 Å². The van der Waals surface area contributed by atoms with Crippen LogP contribution in [-0.4, -0.2) is 21.9 Å². The second kappa shape index (κ2) is 4.39. The van der Waals surface area contributed by atoms with Gasteiger partial charge in [0.05, 0.1) is 11.2 Å². The molecule has 7 heteroatoms. The van der Waals surface area contributed by atoms with Crippen molar-refractivity contribution in [1.29, 1.82) is 0 Å². The zero-order valence-electron chi connectivity index (χ0n) is 11.1. The van der Waals surface area contributed by atoms with E-state index in [9.17, 15) is 22.7 Å². The van der Waals surface area contributed by atoms with Crippen molar-refractivity contribution in [1.82, 2.24) is 4.98 Å². The third kappa shape index (κ3) is 2.29. The summed E-state index contributed by atoms with van der Waals surface area (Å²) in [4.78, 5) is 3.86. The molecule has 1 fully saturated rings. The standard InChI is InChI=1S/C13H16F4N2O/c1-7(2)8-3-9(14)10(19-4-8)11(18)5-12(20,6-11)13(15,16)17/h3-4,7,20H,5-6,18H2,1-2H3. The van der Waals surface area contributed by atoms with Crippen LogP contribution in [0.4, 0.5) is 17.6 Å². The van der Waals surface area contributed by atoms with Crippen LogP contribution < -0.4 is 5.73 Å². The van der Waals surface area contributed by atoms with E-state index in [-0.39, 0.29) is 11.6 Å². The summed E-state index contributed by atoms with van der Waals surface area (Å²) < 4.78 is 51.8. The third-order valence-corrected chi connectivity index (χ3v) is 3.74. The van der Waals surface area contributed by atoms with Crippen molar-refractivity contribution in [3.05, 3.63) is 29.3 Å². The lowest BCUT2D eigenvalue weighted by atomic mass is 9.63. The molecule has 0 atom stereocenters. The van der Waals surface area contributed by atoms with Gasteiger partial charge in [-0.2, -0.15) is 13.2 Å². The molecule has 2 rings (SSSR count). The molecule has 1 aliphatic rings. The van der Waals surface area contributed by atoms with E-state index in [0.29, 0.717) is 5.56 Å². The van der Waals surface area contributed by atoms with Gasteiger partial charge in [-0.05, 0) is 17.5 Å². The first-order valence-corrected chi connectivity index (χ1v) is 6.22. The monoisotopic (exact) mass is 292 g/mol. The van der Waals surface area contributed by atoms with Crippen molar-refractivity contribution in [3.63, 3.8) is 0 Å². The average molecular weight is 292 g/mol. The van der Waals surface area contributed by atoms with Crippen LogP contribution in [0.3, 0.4) is 0 Å². The molecule has 3 N–H and O–H groups in total. The molecule has 0 bridgehead atoms. The molecular weight excluding hydrogens is 276 g/mol. The molecular formula is C13H16F4N2O. The first kappa shape index (κ1) is 15.2. The maximum atomic E-state index is 14.0. The number of nitrogens with zero attached hydrogens (tertiary/aromatic N) is 1. The smallest absolute Gasteiger partial charge is 0.380 e. The lowest BCUT2D eigenvalue weighted by molar-refractivity contribution is -0.304. The predicted molar refractivity (Wildman–Crippen MR) is 64.4 cm³/mol. The van der Waals surface area contributed by atoms with Crippen LogP contribution in [0, 0.1) is 5.82 Å². The summed E-state index contributed by atoms with van der Waals surface area (Å²) in [7, 11) is 0. The third-order valence-electron chi connectivity index (χ3n) is 3.74. The first-order chi connectivity index (χ1) is 8.98. The first-order valence-electron chi connectivity index (χ1n) is 6.22. The van der Waals surface area contributed by atoms with Crippen molar-refractivity contribution in [2.45, 2.75) is 49.9 Å². The van der Waals surface area contributed by atoms with E-state index in [2.05, 4.69) is 4.98 Å². The maximum absolute atomic E-state index is 14.0. The highest BCUT2D eigenvalue weighted by Crippen LogP contribution is 2.53. The Labute approximate surface area is 113 Å². The molecule has 1 aliphatic carbocycles. The Bertz CT molecular complexity index is 522. The van der Waals surface area contributed by atoms with E-state index >= 15 is 0 Å². The van der Waals surface area contributed by atoms with Crippen molar-refractivity contribution >= 4 is 0 Å². The van der Waals surface area contributed by atoms with E-state index in [1.807, 2.05) is 13.8 Å². The summed E-state index contributed by atoms with van der Waals surface area (Å²) in [5, 5.41) is 9.42. The molecule has 0 spiro atoms. The fourth-order valence-corrected chi connectivity index (χ4v) is 2.49. The number of alkyl halides is 3. The van der Waals surface area contributed by atoms with E-state index in [1.165, 1.54) is 12.3 Å². The van der Waals surface area contributed by atoms with Crippen molar-refractivity contribution < 1.29 is 22.7 Å². The number of halogens is 4. The van der Waals surface area contributed by atoms with Gasteiger partial charge >= 0.3 is 6.18 Å². The molecule has 112 valence electrons. The molecule has 0 aliphatic heterocycles. The number of hydrogen-bond acceptors (Lipinski definition) is 3. The van der Waals surface area contributed by atoms with Crippen LogP contribution in [0.15, 0.2) is 12.3 Å². The van der Waals surface area contributed by atoms with Gasteiger partial charge in [0.25, 0.3) is 0 Å². The maximum Gasteiger partial charge on any atom is 0.417 e. The zero-order valence-corrected chi connectivity index (χ0v) is 11.1. The topological polar surface area (TPSA) is 59.1 Å². The number of hydrogen-bond donors (Lipinski definition) is 2. The molecule has 1 aromatic heterocycles. The number of aliphatic hydroxyl groups is 1. The van der Waals surface area contributed by atoms with E-state index < -0.39 is 36.0 Å². The van der Waals surface area contributed by atoms with Crippen molar-refractivity contribution in [2.75, 3.05) is 0 Å². The summed E-state index contributed by atoms with van der Waals surface area (Å²) in [6.45, 7) is 3.69. The fraction of sp³-hybridized carbons (Fsp3) is 0.615. The molecule has 0 saturated heterocycles. The molecule has 1 saturated carbocycles. The van der Waals surface area contributed by atoms with E-state index in [1.54, 1.807) is 0 Å². The molecule has 0 amide bonds. The van der Waals surface area contributed by atoms with Gasteiger partial charge in [0, 0.05) is 19.0 Å². The molecule has 1 heterocycles. The number of nitrogens with two attached hydrogens (primary N) is 1. The Morgan fingerprint density at radius 3 is 2.30 bits per heavy atom. The van der Waals surface area contributed by atoms with Gasteiger partial charge < -0.3 is 10.8 Å². The highest BCUT2D eigenvalue weighted by atomic mass is 19.4. The molecule has 0 aromatic carbocycles. The molecule has 20 heavy (non-hydrogen) atoms. The Morgan fingerprint density at radius 1 is 1.35 bits per heavy atom. The average Bonchev–Trinajstić information content (AvgIpc) is 2.24. The quantitative estimate of drug-likeness (QED) is 0.824. The van der Waals surface area contributed by atoms with Gasteiger partial charge in [0.1, 0.15) is 5.82 Å². The van der Waals surface area contributed by atoms with Gasteiger partial charge in [0.15, 0.2) is 5.60 Å². The Morgan fingerprint density at radius 2 is 1.90 bits per heavy atom. The van der Waals surface area contributed by atoms with Crippen LogP contribution in [0.1, 0.15) is 43.9 Å². The number of rotatable bonds is 2. The van der Waals surface area contributed by atoms with Gasteiger partial charge in [-0.25, -0.2) is 4.39 Å². The Hall–Kier alpha value is -1.21. The second-order valence-electron chi connectivity index (χ2n) is 5.79. The minimum Gasteiger partial charge on any atom is -0.380 e. The Balaban J connectivity index is 2.27. The second-order valence-corrected chi connectivity index (χ2v) is 5.79. The summed E-state index contributed by atoms with van der Waals surface area (Å²) in [6.07, 6.45) is -4.93. The molecule has 3 nitrogen and oxygen atoms in total. The normalized spacial score (nSPS) is 30.4. The highest BCUT2D eigenvalue weighted by Gasteiger charge is 2.67. The van der Waals surface area contributed by atoms with E-state index in [4.69, 9.17) is 5.73 Å². The summed E-state index contributed by atoms with van der Waals surface area (Å²) >= 11 is 0. The van der Waals surface area contributed by atoms with Crippen molar-refractivity contribution in [3.8, 4) is 0 Å². The van der Waals surface area contributed by atoms with Gasteiger partial charge in [-0.3, -0.25) is 4.98 Å². The fourth-order valence-electron chi connectivity index (χ4n) is 2.49. The van der Waals surface area contributed by atoms with Crippen LogP contribution in [0.5, 0.6) is 0 Å². The molecule has 0 unspecified atom stereocenters. The number of pyridine rings is 1. The van der Waals surface area contributed by atoms with Crippen LogP contribution in [0.25, 0.3) is 0 Å². The van der Waals surface area contributed by atoms with Gasteiger partial charge in [-0.1, -0.05) is 13.8 Å². The minimum absolute atomic E-state index is 0.0493. The summed E-state index contributed by atoms with van der Waals surface area (Å²) in [5.74, 6) is -0.684. The lowest BCUT2D eigenvalue weighted by Gasteiger charge is -2.51. The molecule has 1 aromatic rings. The SMILES string of the molecule is CC(C)c1cnc(C2(N)CC(O)(C(F)(F)F)C2)c(F)c1. The zero-order chi connectivity index (χ0) is 15.3. The largest absolute Gasteiger partial charge is 0.417 e. The van der Waals surface area contributed by atoms with E-state index in [0.717, 1.165) is 0 Å². The Kier molecular flexibility index (Phi) is 3.33. The van der Waals surface area contributed by atoms with Gasteiger partial charge in [-0.15, -0.1) is 0 Å². The minimum atomic E-state index is -4.77. The predicted octanol–water partition coefficient (Wildman–Crippen LogP) is 2.59. The summed E-state index contributed by atoms with van der Waals surface area (Å²) in [5.41, 5.74) is 1.74. The van der Waals surface area contributed by atoms with Gasteiger partial charge in [0.2, 0.25) is 0 Å². The highest BCUT2D eigenvalue weighted by molar-refractivity contribution is 5.29. The number of aromatic nitrogens is 1. The van der Waals surface area contributed by atoms with Crippen LogP contribution in [-0.2, 0) is 5.54 Å². The lowest BCUT2D eigenvalue weighted by Crippen LogP contribution is -2.66.